The standard InChI is InChI=1S/C31H38N4O5/c1-18-15-32-27-22(18)14-21(16-33-27)20-12-19-6-9-35(28(36)31(39-5)7-8-31)26(30(2,3)4)25(19)23(13-20)24-17-40-11-10-34(24)29(37)38/h12-16,24,26H,6-11,17H2,1-5H3,(H,32,33)(H,37,38)/t24-,26?/m0/s1. The van der Waals surface area contributed by atoms with Crippen molar-refractivity contribution in [3.63, 3.8) is 0 Å². The van der Waals surface area contributed by atoms with E-state index in [1.807, 2.05) is 17.3 Å². The van der Waals surface area contributed by atoms with Gasteiger partial charge in [0, 0.05) is 43.5 Å². The van der Waals surface area contributed by atoms with Crippen molar-refractivity contribution in [2.24, 2.45) is 5.41 Å². The molecule has 6 rings (SSSR count). The molecule has 2 atom stereocenters. The minimum absolute atomic E-state index is 0.0307. The van der Waals surface area contributed by atoms with Crippen LogP contribution in [0.1, 0.15) is 68.0 Å². The number of aryl methyl sites for hydroxylation is 1. The number of morpholine rings is 1. The van der Waals surface area contributed by atoms with Crippen LogP contribution in [0.25, 0.3) is 22.2 Å². The molecule has 40 heavy (non-hydrogen) atoms. The fraction of sp³-hybridized carbons (Fsp3) is 0.516. The van der Waals surface area contributed by atoms with Gasteiger partial charge in [-0.2, -0.15) is 0 Å². The summed E-state index contributed by atoms with van der Waals surface area (Å²) in [6.07, 6.45) is 4.98. The molecule has 3 aliphatic rings. The van der Waals surface area contributed by atoms with Gasteiger partial charge >= 0.3 is 6.09 Å². The molecule has 1 saturated carbocycles. The van der Waals surface area contributed by atoms with Crippen molar-refractivity contribution in [2.75, 3.05) is 33.4 Å². The van der Waals surface area contributed by atoms with Gasteiger partial charge in [-0.25, -0.2) is 9.78 Å². The molecule has 1 unspecified atom stereocenters. The Kier molecular flexibility index (Phi) is 6.42. The molecule has 9 heteroatoms. The summed E-state index contributed by atoms with van der Waals surface area (Å²) in [5, 5.41) is 11.2. The minimum atomic E-state index is -0.967. The Morgan fingerprint density at radius 1 is 1.15 bits per heavy atom. The van der Waals surface area contributed by atoms with E-state index in [-0.39, 0.29) is 24.0 Å². The van der Waals surface area contributed by atoms with Crippen molar-refractivity contribution in [3.05, 3.63) is 52.8 Å². The zero-order valence-corrected chi connectivity index (χ0v) is 23.9. The van der Waals surface area contributed by atoms with Gasteiger partial charge in [0.2, 0.25) is 0 Å². The minimum Gasteiger partial charge on any atom is -0.465 e. The topological polar surface area (TPSA) is 108 Å². The van der Waals surface area contributed by atoms with Crippen molar-refractivity contribution in [2.45, 2.75) is 64.6 Å². The average molecular weight is 547 g/mol. The van der Waals surface area contributed by atoms with Crippen LogP contribution in [0.15, 0.2) is 30.6 Å². The Labute approximate surface area is 234 Å². The molecule has 9 nitrogen and oxygen atoms in total. The lowest BCUT2D eigenvalue weighted by Crippen LogP contribution is -2.51. The lowest BCUT2D eigenvalue weighted by Gasteiger charge is -2.48. The maximum Gasteiger partial charge on any atom is 0.407 e. The predicted octanol–water partition coefficient (Wildman–Crippen LogP) is 5.24. The van der Waals surface area contributed by atoms with Crippen molar-refractivity contribution >= 4 is 23.0 Å². The summed E-state index contributed by atoms with van der Waals surface area (Å²) in [4.78, 5) is 37.7. The van der Waals surface area contributed by atoms with Gasteiger partial charge in [-0.1, -0.05) is 26.8 Å². The second-order valence-corrected chi connectivity index (χ2v) is 12.5. The number of amides is 2. The first-order valence-electron chi connectivity index (χ1n) is 14.1. The van der Waals surface area contributed by atoms with Crippen LogP contribution in [-0.2, 0) is 20.7 Å². The molecule has 2 N–H and O–H groups in total. The lowest BCUT2D eigenvalue weighted by molar-refractivity contribution is -0.150. The highest BCUT2D eigenvalue weighted by Gasteiger charge is 2.55. The first kappa shape index (κ1) is 26.8. The molecule has 2 fully saturated rings. The number of aromatic nitrogens is 2. The third kappa shape index (κ3) is 4.36. The summed E-state index contributed by atoms with van der Waals surface area (Å²) in [5.74, 6) is 0.0307. The number of pyridine rings is 1. The summed E-state index contributed by atoms with van der Waals surface area (Å²) in [6, 6.07) is 5.73. The second-order valence-electron chi connectivity index (χ2n) is 12.5. The van der Waals surface area contributed by atoms with E-state index in [2.05, 4.69) is 55.9 Å². The van der Waals surface area contributed by atoms with E-state index >= 15 is 0 Å². The number of hydrogen-bond donors (Lipinski definition) is 2. The fourth-order valence-electron chi connectivity index (χ4n) is 6.63. The molecule has 3 aromatic rings. The van der Waals surface area contributed by atoms with Gasteiger partial charge in [-0.3, -0.25) is 9.69 Å². The summed E-state index contributed by atoms with van der Waals surface area (Å²) < 4.78 is 11.6. The van der Waals surface area contributed by atoms with Crippen LogP contribution in [0.4, 0.5) is 4.79 Å². The molecule has 1 aromatic carbocycles. The zero-order valence-electron chi connectivity index (χ0n) is 23.9. The number of methoxy groups -OCH3 is 1. The largest absolute Gasteiger partial charge is 0.465 e. The number of aromatic amines is 1. The quantitative estimate of drug-likeness (QED) is 0.463. The Morgan fingerprint density at radius 3 is 2.60 bits per heavy atom. The maximum absolute atomic E-state index is 13.9. The van der Waals surface area contributed by atoms with E-state index in [1.165, 1.54) is 4.90 Å². The number of nitrogens with one attached hydrogen (secondary N) is 1. The van der Waals surface area contributed by atoms with Crippen LogP contribution in [0.3, 0.4) is 0 Å². The molecule has 4 heterocycles. The predicted molar refractivity (Wildman–Crippen MR) is 151 cm³/mol. The van der Waals surface area contributed by atoms with Gasteiger partial charge in [0.25, 0.3) is 5.91 Å². The van der Waals surface area contributed by atoms with Crippen LogP contribution >= 0.6 is 0 Å². The third-order valence-corrected chi connectivity index (χ3v) is 8.88. The fourth-order valence-corrected chi connectivity index (χ4v) is 6.63. The maximum atomic E-state index is 13.9. The number of H-pyrrole nitrogens is 1. The van der Waals surface area contributed by atoms with Crippen molar-refractivity contribution in [1.29, 1.82) is 0 Å². The van der Waals surface area contributed by atoms with Crippen LogP contribution in [0.5, 0.6) is 0 Å². The summed E-state index contributed by atoms with van der Waals surface area (Å²) in [6.45, 7) is 10.0. The SMILES string of the molecule is COC1(C(=O)N2CCc3cc(-c4cnc5[nH]cc(C)c5c4)cc([C@@H]4COCCN4C(=O)O)c3C2C(C)(C)C)CC1. The zero-order chi connectivity index (χ0) is 28.4. The Hall–Kier alpha value is -3.43. The van der Waals surface area contributed by atoms with Crippen molar-refractivity contribution in [1.82, 2.24) is 19.8 Å². The highest BCUT2D eigenvalue weighted by Crippen LogP contribution is 2.50. The first-order valence-corrected chi connectivity index (χ1v) is 14.1. The van der Waals surface area contributed by atoms with E-state index < -0.39 is 17.7 Å². The number of ether oxygens (including phenoxy) is 2. The monoisotopic (exact) mass is 546 g/mol. The van der Waals surface area contributed by atoms with E-state index in [9.17, 15) is 14.7 Å². The van der Waals surface area contributed by atoms with Crippen LogP contribution in [0, 0.1) is 12.3 Å². The molecule has 212 valence electrons. The molecule has 1 aliphatic carbocycles. The normalized spacial score (nSPS) is 22.3. The van der Waals surface area contributed by atoms with Gasteiger partial charge in [0.15, 0.2) is 0 Å². The van der Waals surface area contributed by atoms with Crippen molar-refractivity contribution in [3.8, 4) is 11.1 Å². The summed E-state index contributed by atoms with van der Waals surface area (Å²) >= 11 is 0. The Bertz CT molecular complexity index is 1480. The third-order valence-electron chi connectivity index (χ3n) is 8.88. The van der Waals surface area contributed by atoms with E-state index in [4.69, 9.17) is 9.47 Å². The lowest BCUT2D eigenvalue weighted by atomic mass is 9.73. The number of carbonyl (C=O) groups excluding carboxylic acids is 1. The van der Waals surface area contributed by atoms with Gasteiger partial charge in [0.1, 0.15) is 11.2 Å². The number of fused-ring (bicyclic) bond motifs is 2. The number of carbonyl (C=O) groups is 2. The van der Waals surface area contributed by atoms with E-state index in [0.29, 0.717) is 26.1 Å². The highest BCUT2D eigenvalue weighted by atomic mass is 16.5. The summed E-state index contributed by atoms with van der Waals surface area (Å²) in [7, 11) is 1.62. The van der Waals surface area contributed by atoms with Gasteiger partial charge in [0.05, 0.1) is 25.3 Å². The Balaban J connectivity index is 1.55. The second kappa shape index (κ2) is 9.59. The van der Waals surface area contributed by atoms with Crippen molar-refractivity contribution < 1.29 is 24.2 Å². The molecular weight excluding hydrogens is 508 g/mol. The van der Waals surface area contributed by atoms with Gasteiger partial charge in [-0.15, -0.1) is 0 Å². The number of benzene rings is 1. The first-order chi connectivity index (χ1) is 19.0. The smallest absolute Gasteiger partial charge is 0.407 e. The average Bonchev–Trinajstić information content (AvgIpc) is 3.67. The molecule has 0 bridgehead atoms. The molecule has 0 radical (unpaired) electrons. The molecule has 2 aliphatic heterocycles. The molecule has 0 spiro atoms. The van der Waals surface area contributed by atoms with Crippen LogP contribution < -0.4 is 0 Å². The van der Waals surface area contributed by atoms with Crippen LogP contribution in [-0.4, -0.2) is 75.9 Å². The van der Waals surface area contributed by atoms with E-state index in [0.717, 1.165) is 57.3 Å². The van der Waals surface area contributed by atoms with Gasteiger partial charge < -0.3 is 24.5 Å². The number of nitrogens with zero attached hydrogens (tertiary/aromatic N) is 3. The van der Waals surface area contributed by atoms with Crippen LogP contribution in [0.2, 0.25) is 0 Å². The van der Waals surface area contributed by atoms with E-state index in [1.54, 1.807) is 7.11 Å². The van der Waals surface area contributed by atoms with Gasteiger partial charge in [-0.05, 0) is 71.6 Å². The summed E-state index contributed by atoms with van der Waals surface area (Å²) in [5.41, 5.74) is 5.95. The molecule has 1 saturated heterocycles. The highest BCUT2D eigenvalue weighted by molar-refractivity contribution is 5.89. The number of carboxylic acid groups (broad SMARTS) is 1. The number of rotatable bonds is 4. The molecule has 2 aromatic heterocycles. The number of hydrogen-bond acceptors (Lipinski definition) is 5. The molecular formula is C31H38N4O5. The Morgan fingerprint density at radius 2 is 1.93 bits per heavy atom. The molecule has 2 amide bonds.